The Balaban J connectivity index is 3.48. The van der Waals surface area contributed by atoms with Gasteiger partial charge in [-0.15, -0.1) is 0 Å². The number of rotatable bonds is 7. The molecular weight excluding hydrogens is 313 g/mol. The summed E-state index contributed by atoms with van der Waals surface area (Å²) in [5.41, 5.74) is 0. The lowest BCUT2D eigenvalue weighted by atomic mass is 10.3. The van der Waals surface area contributed by atoms with Crippen molar-refractivity contribution in [3.63, 3.8) is 0 Å². The molecule has 1 aromatic rings. The van der Waals surface area contributed by atoms with E-state index in [1.807, 2.05) is 0 Å². The smallest absolute Gasteiger partial charge is 0.367 e. The van der Waals surface area contributed by atoms with Crippen molar-refractivity contribution in [3.8, 4) is 0 Å². The first kappa shape index (κ1) is 19.2. The van der Waals surface area contributed by atoms with Crippen LogP contribution in [-0.4, -0.2) is 27.1 Å². The van der Waals surface area contributed by atoms with Crippen LogP contribution in [0, 0.1) is 17.5 Å². The SMILES string of the molecule is CC(C)O[Si](OC(C)C)(OC(C)C)c1cc(F)c(F)cc1F. The van der Waals surface area contributed by atoms with Gasteiger partial charge in [-0.1, -0.05) is 0 Å². The summed E-state index contributed by atoms with van der Waals surface area (Å²) in [5.74, 6) is -3.37. The Morgan fingerprint density at radius 2 is 1.05 bits per heavy atom. The summed E-state index contributed by atoms with van der Waals surface area (Å²) in [6, 6.07) is 1.26. The molecule has 0 atom stereocenters. The molecule has 7 heteroatoms. The minimum Gasteiger partial charge on any atom is -0.367 e. The molecule has 1 aromatic carbocycles. The molecule has 0 aromatic heterocycles. The highest BCUT2D eigenvalue weighted by molar-refractivity contribution is 6.75. The van der Waals surface area contributed by atoms with Gasteiger partial charge >= 0.3 is 8.80 Å². The Labute approximate surface area is 130 Å². The number of benzene rings is 1. The largest absolute Gasteiger partial charge is 0.541 e. The summed E-state index contributed by atoms with van der Waals surface area (Å²) in [6.07, 6.45) is -1.01. The molecule has 0 aliphatic carbocycles. The number of hydrogen-bond acceptors (Lipinski definition) is 3. The molecule has 0 radical (unpaired) electrons. The lowest BCUT2D eigenvalue weighted by Crippen LogP contribution is -2.61. The minimum atomic E-state index is -3.74. The standard InChI is InChI=1S/C15H23F3O3Si/c1-9(2)19-22(20-10(3)4,21-11(5)6)15-8-13(17)12(16)7-14(15)18/h7-11H,1-6H3. The van der Waals surface area contributed by atoms with Gasteiger partial charge in [0.05, 0.1) is 5.19 Å². The number of halogens is 3. The highest BCUT2D eigenvalue weighted by atomic mass is 28.4. The lowest BCUT2D eigenvalue weighted by molar-refractivity contribution is 0.0147. The van der Waals surface area contributed by atoms with Gasteiger partial charge in [0.25, 0.3) is 0 Å². The maximum Gasteiger partial charge on any atom is 0.541 e. The molecule has 0 bridgehead atoms. The minimum absolute atomic E-state index is 0.192. The van der Waals surface area contributed by atoms with Gasteiger partial charge in [0, 0.05) is 24.4 Å². The van der Waals surface area contributed by atoms with Gasteiger partial charge in [0.1, 0.15) is 5.82 Å². The molecule has 0 spiro atoms. The Kier molecular flexibility index (Phi) is 6.60. The lowest BCUT2D eigenvalue weighted by Gasteiger charge is -2.34. The molecule has 0 aliphatic heterocycles. The van der Waals surface area contributed by atoms with E-state index in [2.05, 4.69) is 0 Å². The van der Waals surface area contributed by atoms with Crippen LogP contribution in [0.3, 0.4) is 0 Å². The summed E-state index contributed by atoms with van der Waals surface area (Å²) in [4.78, 5) is 0. The van der Waals surface area contributed by atoms with Crippen molar-refractivity contribution in [3.05, 3.63) is 29.6 Å². The van der Waals surface area contributed by atoms with Crippen molar-refractivity contribution in [2.45, 2.75) is 59.9 Å². The van der Waals surface area contributed by atoms with E-state index in [9.17, 15) is 13.2 Å². The zero-order valence-electron chi connectivity index (χ0n) is 13.7. The van der Waals surface area contributed by atoms with E-state index in [-0.39, 0.29) is 23.5 Å². The van der Waals surface area contributed by atoms with E-state index in [1.165, 1.54) is 0 Å². The van der Waals surface area contributed by atoms with Crippen LogP contribution in [0.4, 0.5) is 13.2 Å². The average Bonchev–Trinajstić information content (AvgIpc) is 2.30. The van der Waals surface area contributed by atoms with Crippen LogP contribution in [0.15, 0.2) is 12.1 Å². The molecule has 0 heterocycles. The quantitative estimate of drug-likeness (QED) is 0.563. The molecule has 1 rings (SSSR count). The van der Waals surface area contributed by atoms with Crippen molar-refractivity contribution in [2.75, 3.05) is 0 Å². The van der Waals surface area contributed by atoms with Crippen molar-refractivity contribution >= 4 is 14.0 Å². The maximum atomic E-state index is 14.3. The molecule has 0 aliphatic rings. The monoisotopic (exact) mass is 336 g/mol. The zero-order chi connectivity index (χ0) is 17.1. The molecule has 0 unspecified atom stereocenters. The van der Waals surface area contributed by atoms with Gasteiger partial charge in [0.15, 0.2) is 11.6 Å². The van der Waals surface area contributed by atoms with Gasteiger partial charge in [-0.25, -0.2) is 13.2 Å². The molecule has 0 fully saturated rings. The second-order valence-electron chi connectivity index (χ2n) is 5.80. The molecule has 126 valence electrons. The van der Waals surface area contributed by atoms with E-state index in [0.717, 1.165) is 6.07 Å². The topological polar surface area (TPSA) is 27.7 Å². The molecule has 0 amide bonds. The second kappa shape index (κ2) is 7.59. The molecule has 0 N–H and O–H groups in total. The van der Waals surface area contributed by atoms with Crippen LogP contribution in [0.2, 0.25) is 0 Å². The highest BCUT2D eigenvalue weighted by Gasteiger charge is 2.49. The molecule has 3 nitrogen and oxygen atoms in total. The fourth-order valence-electron chi connectivity index (χ4n) is 1.96. The van der Waals surface area contributed by atoms with E-state index in [1.54, 1.807) is 41.5 Å². The second-order valence-corrected chi connectivity index (χ2v) is 8.16. The van der Waals surface area contributed by atoms with E-state index in [0.29, 0.717) is 6.07 Å². The molecule has 22 heavy (non-hydrogen) atoms. The normalized spacial score (nSPS) is 12.7. The Hall–Kier alpha value is -0.893. The molecule has 0 saturated heterocycles. The van der Waals surface area contributed by atoms with E-state index in [4.69, 9.17) is 13.3 Å². The Morgan fingerprint density at radius 3 is 1.41 bits per heavy atom. The van der Waals surface area contributed by atoms with Crippen molar-refractivity contribution in [1.29, 1.82) is 0 Å². The van der Waals surface area contributed by atoms with Gasteiger partial charge < -0.3 is 13.3 Å². The van der Waals surface area contributed by atoms with Crippen molar-refractivity contribution < 1.29 is 26.4 Å². The predicted molar refractivity (Wildman–Crippen MR) is 80.4 cm³/mol. The fraction of sp³-hybridized carbons (Fsp3) is 0.600. The van der Waals surface area contributed by atoms with Crippen LogP contribution in [-0.2, 0) is 13.3 Å². The first-order valence-electron chi connectivity index (χ1n) is 7.26. The zero-order valence-corrected chi connectivity index (χ0v) is 14.7. The summed E-state index contributed by atoms with van der Waals surface area (Å²) < 4.78 is 58.5. The van der Waals surface area contributed by atoms with Crippen LogP contribution >= 0.6 is 0 Å². The first-order valence-corrected chi connectivity index (χ1v) is 8.98. The van der Waals surface area contributed by atoms with Gasteiger partial charge in [-0.05, 0) is 47.6 Å². The third-order valence-electron chi connectivity index (χ3n) is 2.51. The van der Waals surface area contributed by atoms with E-state index >= 15 is 0 Å². The van der Waals surface area contributed by atoms with Crippen LogP contribution in [0.5, 0.6) is 0 Å². The Bertz CT molecular complexity index is 481. The van der Waals surface area contributed by atoms with Gasteiger partial charge in [-0.2, -0.15) is 0 Å². The van der Waals surface area contributed by atoms with Crippen molar-refractivity contribution in [1.82, 2.24) is 0 Å². The first-order chi connectivity index (χ1) is 10.1. The molecular formula is C15H23F3O3Si. The summed E-state index contributed by atoms with van der Waals surface area (Å²) in [7, 11) is -3.74. The highest BCUT2D eigenvalue weighted by Crippen LogP contribution is 2.20. The van der Waals surface area contributed by atoms with Gasteiger partial charge in [0.2, 0.25) is 0 Å². The van der Waals surface area contributed by atoms with Crippen LogP contribution < -0.4 is 5.19 Å². The third-order valence-corrected chi connectivity index (χ3v) is 5.90. The summed E-state index contributed by atoms with van der Waals surface area (Å²) >= 11 is 0. The average molecular weight is 336 g/mol. The predicted octanol–water partition coefficient (Wildman–Crippen LogP) is 3.52. The fourth-order valence-corrected chi connectivity index (χ4v) is 5.04. The molecule has 0 saturated carbocycles. The van der Waals surface area contributed by atoms with Gasteiger partial charge in [-0.3, -0.25) is 0 Å². The third kappa shape index (κ3) is 4.81. The van der Waals surface area contributed by atoms with Crippen LogP contribution in [0.25, 0.3) is 0 Å². The number of hydrogen-bond donors (Lipinski definition) is 0. The van der Waals surface area contributed by atoms with E-state index < -0.39 is 26.3 Å². The maximum absolute atomic E-state index is 14.3. The Morgan fingerprint density at radius 1 is 0.682 bits per heavy atom. The van der Waals surface area contributed by atoms with Crippen molar-refractivity contribution in [2.24, 2.45) is 0 Å². The summed E-state index contributed by atoms with van der Waals surface area (Å²) in [5, 5.41) is -0.192. The summed E-state index contributed by atoms with van der Waals surface area (Å²) in [6.45, 7) is 10.5. The van der Waals surface area contributed by atoms with Crippen LogP contribution in [0.1, 0.15) is 41.5 Å².